The van der Waals surface area contributed by atoms with E-state index in [4.69, 9.17) is 27.9 Å². The van der Waals surface area contributed by atoms with Gasteiger partial charge in [0.2, 0.25) is 5.91 Å². The van der Waals surface area contributed by atoms with Crippen molar-refractivity contribution in [2.24, 2.45) is 5.10 Å². The molecule has 1 aromatic heterocycles. The molecule has 3 aromatic carbocycles. The summed E-state index contributed by atoms with van der Waals surface area (Å²) in [6.07, 6.45) is 3.89. The Morgan fingerprint density at radius 1 is 1.09 bits per heavy atom. The van der Waals surface area contributed by atoms with Crippen LogP contribution in [0.15, 0.2) is 78.0 Å². The molecule has 1 amide bonds. The number of hydrogen-bond donors (Lipinski definition) is 1. The Bertz CT molecular complexity index is 1280. The zero-order chi connectivity index (χ0) is 22.5. The highest BCUT2D eigenvalue weighted by Crippen LogP contribution is 2.25. The molecular weight excluding hydrogens is 445 g/mol. The molecule has 0 aliphatic rings. The van der Waals surface area contributed by atoms with Crippen LogP contribution in [0.3, 0.4) is 0 Å². The number of fused-ring (bicyclic) bond motifs is 1. The van der Waals surface area contributed by atoms with Crippen molar-refractivity contribution in [3.63, 3.8) is 0 Å². The average molecular weight is 466 g/mol. The fraction of sp³-hybridized carbons (Fsp3) is 0.120. The number of benzene rings is 3. The number of nitrogens with one attached hydrogen (secondary N) is 1. The summed E-state index contributed by atoms with van der Waals surface area (Å²) in [7, 11) is 1.61. The molecule has 0 atom stereocenters. The maximum atomic E-state index is 12.2. The second-order valence-corrected chi connectivity index (χ2v) is 8.13. The van der Waals surface area contributed by atoms with Gasteiger partial charge in [0, 0.05) is 39.3 Å². The van der Waals surface area contributed by atoms with Crippen molar-refractivity contribution in [1.82, 2.24) is 9.99 Å². The van der Waals surface area contributed by atoms with Crippen molar-refractivity contribution in [3.05, 3.63) is 99.7 Å². The zero-order valence-electron chi connectivity index (χ0n) is 17.4. The van der Waals surface area contributed by atoms with Crippen LogP contribution < -0.4 is 10.2 Å². The van der Waals surface area contributed by atoms with Gasteiger partial charge in [0.1, 0.15) is 5.75 Å². The molecule has 162 valence electrons. The summed E-state index contributed by atoms with van der Waals surface area (Å²) >= 11 is 12.4. The van der Waals surface area contributed by atoms with Gasteiger partial charge in [-0.05, 0) is 41.5 Å². The third kappa shape index (κ3) is 5.13. The van der Waals surface area contributed by atoms with Crippen LogP contribution in [0.25, 0.3) is 10.9 Å². The summed E-state index contributed by atoms with van der Waals surface area (Å²) < 4.78 is 7.24. The average Bonchev–Trinajstić information content (AvgIpc) is 3.14. The van der Waals surface area contributed by atoms with E-state index >= 15 is 0 Å². The van der Waals surface area contributed by atoms with E-state index in [9.17, 15) is 4.79 Å². The predicted molar refractivity (Wildman–Crippen MR) is 130 cm³/mol. The highest BCUT2D eigenvalue weighted by atomic mass is 35.5. The summed E-state index contributed by atoms with van der Waals surface area (Å²) in [5.41, 5.74) is 6.40. The molecule has 1 heterocycles. The monoisotopic (exact) mass is 465 g/mol. The maximum absolute atomic E-state index is 12.2. The van der Waals surface area contributed by atoms with E-state index in [1.54, 1.807) is 19.4 Å². The number of para-hydroxylation sites is 1. The van der Waals surface area contributed by atoms with E-state index in [0.29, 0.717) is 16.6 Å². The van der Waals surface area contributed by atoms with Crippen LogP contribution in [0, 0.1) is 0 Å². The van der Waals surface area contributed by atoms with Crippen LogP contribution in [0.4, 0.5) is 0 Å². The number of rotatable bonds is 7. The van der Waals surface area contributed by atoms with Crippen LogP contribution in [0.5, 0.6) is 5.75 Å². The summed E-state index contributed by atoms with van der Waals surface area (Å²) in [5.74, 6) is 0.562. The molecule has 0 saturated carbocycles. The molecule has 0 aliphatic heterocycles. The number of hydrazone groups is 1. The number of ether oxygens (including phenoxy) is 1. The first-order valence-corrected chi connectivity index (χ1v) is 10.8. The normalized spacial score (nSPS) is 11.2. The summed E-state index contributed by atoms with van der Waals surface area (Å²) in [5, 5.41) is 6.43. The second kappa shape index (κ2) is 9.90. The third-order valence-electron chi connectivity index (χ3n) is 5.09. The molecule has 4 rings (SSSR count). The Morgan fingerprint density at radius 3 is 2.62 bits per heavy atom. The second-order valence-electron chi connectivity index (χ2n) is 7.28. The van der Waals surface area contributed by atoms with E-state index in [1.165, 1.54) is 0 Å². The Kier molecular flexibility index (Phi) is 6.78. The van der Waals surface area contributed by atoms with Gasteiger partial charge in [0.15, 0.2) is 0 Å². The van der Waals surface area contributed by atoms with Crippen molar-refractivity contribution in [2.45, 2.75) is 13.0 Å². The molecule has 5 nitrogen and oxygen atoms in total. The van der Waals surface area contributed by atoms with Crippen LogP contribution in [0.1, 0.15) is 16.7 Å². The van der Waals surface area contributed by atoms with Gasteiger partial charge in [-0.1, -0.05) is 59.6 Å². The summed E-state index contributed by atoms with van der Waals surface area (Å²) in [6.45, 7) is 0.591. The number of nitrogens with zero attached hydrogens (tertiary/aromatic N) is 2. The van der Waals surface area contributed by atoms with Crippen LogP contribution in [-0.2, 0) is 17.8 Å². The lowest BCUT2D eigenvalue weighted by Crippen LogP contribution is -2.19. The van der Waals surface area contributed by atoms with Gasteiger partial charge in [0.25, 0.3) is 0 Å². The first-order chi connectivity index (χ1) is 15.5. The highest BCUT2D eigenvalue weighted by molar-refractivity contribution is 6.35. The fourth-order valence-corrected chi connectivity index (χ4v) is 3.95. The van der Waals surface area contributed by atoms with Gasteiger partial charge in [-0.25, -0.2) is 5.43 Å². The Labute approximate surface area is 196 Å². The molecule has 0 saturated heterocycles. The number of aromatic nitrogens is 1. The molecule has 7 heteroatoms. The molecule has 4 aromatic rings. The molecule has 1 N–H and O–H groups in total. The van der Waals surface area contributed by atoms with Crippen molar-refractivity contribution < 1.29 is 9.53 Å². The van der Waals surface area contributed by atoms with Gasteiger partial charge in [-0.2, -0.15) is 5.10 Å². The quantitative estimate of drug-likeness (QED) is 0.281. The lowest BCUT2D eigenvalue weighted by atomic mass is 10.1. The lowest BCUT2D eigenvalue weighted by molar-refractivity contribution is -0.120. The van der Waals surface area contributed by atoms with Crippen LogP contribution >= 0.6 is 23.2 Å². The first-order valence-electron chi connectivity index (χ1n) is 10.00. The number of hydrogen-bond acceptors (Lipinski definition) is 3. The number of carbonyl (C=O) groups is 1. The number of carbonyl (C=O) groups excluding carboxylic acids is 1. The Balaban J connectivity index is 1.49. The van der Waals surface area contributed by atoms with E-state index < -0.39 is 0 Å². The number of methoxy groups -OCH3 is 1. The van der Waals surface area contributed by atoms with Crippen LogP contribution in [-0.4, -0.2) is 23.8 Å². The first kappa shape index (κ1) is 21.9. The smallest absolute Gasteiger partial charge is 0.244 e. The van der Waals surface area contributed by atoms with Gasteiger partial charge < -0.3 is 9.30 Å². The van der Waals surface area contributed by atoms with Gasteiger partial charge in [0.05, 0.1) is 19.7 Å². The fourth-order valence-electron chi connectivity index (χ4n) is 3.48. The summed E-state index contributed by atoms with van der Waals surface area (Å²) in [4.78, 5) is 12.2. The lowest BCUT2D eigenvalue weighted by Gasteiger charge is -2.08. The molecule has 0 unspecified atom stereocenters. The molecule has 0 spiro atoms. The zero-order valence-corrected chi connectivity index (χ0v) is 18.9. The molecule has 0 fully saturated rings. The predicted octanol–water partition coefficient (Wildman–Crippen LogP) is 5.70. The standard InChI is InChI=1S/C25H21Cl2N3O2/c1-32-21-10-6-17(7-11-21)12-25(31)29-28-14-19-16-30(24-5-3-2-4-22(19)24)15-18-8-9-20(26)13-23(18)27/h2-11,13-14,16H,12,15H2,1H3,(H,29,31)/b28-14+. The number of amides is 1. The van der Waals surface area contributed by atoms with Crippen molar-refractivity contribution >= 4 is 46.2 Å². The maximum Gasteiger partial charge on any atom is 0.244 e. The van der Waals surface area contributed by atoms with E-state index in [0.717, 1.165) is 33.3 Å². The summed E-state index contributed by atoms with van der Waals surface area (Å²) in [6, 6.07) is 20.9. The topological polar surface area (TPSA) is 55.6 Å². The largest absolute Gasteiger partial charge is 0.497 e. The molecule has 0 radical (unpaired) electrons. The van der Waals surface area contributed by atoms with Gasteiger partial charge >= 0.3 is 0 Å². The Hall–Kier alpha value is -3.28. The molecule has 0 aliphatic carbocycles. The number of halogens is 2. The highest BCUT2D eigenvalue weighted by Gasteiger charge is 2.10. The van der Waals surface area contributed by atoms with Gasteiger partial charge in [-0.3, -0.25) is 4.79 Å². The van der Waals surface area contributed by atoms with Crippen molar-refractivity contribution in [3.8, 4) is 5.75 Å². The third-order valence-corrected chi connectivity index (χ3v) is 5.68. The van der Waals surface area contributed by atoms with Crippen LogP contribution in [0.2, 0.25) is 10.0 Å². The molecule has 0 bridgehead atoms. The van der Waals surface area contributed by atoms with Crippen molar-refractivity contribution in [1.29, 1.82) is 0 Å². The Morgan fingerprint density at radius 2 is 1.88 bits per heavy atom. The minimum absolute atomic E-state index is 0.192. The van der Waals surface area contributed by atoms with E-state index in [2.05, 4.69) is 15.1 Å². The minimum atomic E-state index is -0.192. The van der Waals surface area contributed by atoms with E-state index in [1.807, 2.05) is 66.9 Å². The van der Waals surface area contributed by atoms with Gasteiger partial charge in [-0.15, -0.1) is 0 Å². The van der Waals surface area contributed by atoms with E-state index in [-0.39, 0.29) is 12.3 Å². The molecular formula is C25H21Cl2N3O2. The van der Waals surface area contributed by atoms with Crippen molar-refractivity contribution in [2.75, 3.05) is 7.11 Å². The molecule has 32 heavy (non-hydrogen) atoms. The SMILES string of the molecule is COc1ccc(CC(=O)N/N=C/c2cn(Cc3ccc(Cl)cc3Cl)c3ccccc23)cc1. The minimum Gasteiger partial charge on any atom is -0.497 e.